The normalized spacial score (nSPS) is 10.6. The zero-order valence-corrected chi connectivity index (χ0v) is 11.9. The summed E-state index contributed by atoms with van der Waals surface area (Å²) >= 11 is 0. The Bertz CT molecular complexity index is 736. The molecule has 1 amide bonds. The Balaban J connectivity index is 2.28. The average molecular weight is 303 g/mol. The van der Waals surface area contributed by atoms with Gasteiger partial charge in [-0.3, -0.25) is 14.9 Å². The van der Waals surface area contributed by atoms with Gasteiger partial charge in [-0.15, -0.1) is 0 Å². The molecule has 0 radical (unpaired) electrons. The van der Waals surface area contributed by atoms with Crippen LogP contribution in [0.1, 0.15) is 12.7 Å². The number of nitro benzene ring substituents is 1. The smallest absolute Gasteiger partial charge is 0.273 e. The lowest BCUT2D eigenvalue weighted by Gasteiger charge is -2.05. The minimum absolute atomic E-state index is 0.0698. The van der Waals surface area contributed by atoms with E-state index in [0.717, 1.165) is 0 Å². The molecule has 0 fully saturated rings. The average Bonchev–Trinajstić information content (AvgIpc) is 2.94. The molecular weight excluding hydrogens is 290 g/mol. The molecule has 0 saturated heterocycles. The van der Waals surface area contributed by atoms with E-state index < -0.39 is 4.92 Å². The van der Waals surface area contributed by atoms with E-state index in [4.69, 9.17) is 9.15 Å². The van der Waals surface area contributed by atoms with Crippen molar-refractivity contribution in [2.24, 2.45) is 5.10 Å². The van der Waals surface area contributed by atoms with Gasteiger partial charge in [-0.2, -0.15) is 5.10 Å². The van der Waals surface area contributed by atoms with Crippen molar-refractivity contribution < 1.29 is 18.9 Å². The summed E-state index contributed by atoms with van der Waals surface area (Å²) in [6, 6.07) is 7.57. The van der Waals surface area contributed by atoms with Crippen molar-refractivity contribution in [3.05, 3.63) is 46.2 Å². The van der Waals surface area contributed by atoms with Crippen LogP contribution in [0.3, 0.4) is 0 Å². The first-order valence-corrected chi connectivity index (χ1v) is 6.23. The molecule has 0 unspecified atom stereocenters. The number of carbonyl (C=O) groups excluding carboxylic acids is 1. The number of hydrazone groups is 1. The van der Waals surface area contributed by atoms with Gasteiger partial charge in [0.05, 0.1) is 29.9 Å². The van der Waals surface area contributed by atoms with Crippen LogP contribution in [-0.2, 0) is 4.79 Å². The van der Waals surface area contributed by atoms with Crippen LogP contribution in [0.4, 0.5) is 5.69 Å². The number of furan rings is 1. The van der Waals surface area contributed by atoms with Crippen LogP contribution in [0.2, 0.25) is 0 Å². The van der Waals surface area contributed by atoms with E-state index in [-0.39, 0.29) is 11.6 Å². The number of nitro groups is 1. The fourth-order valence-electron chi connectivity index (χ4n) is 1.75. The standard InChI is InChI=1S/C14H13N3O5/c1-9(18)16-15-8-11-4-6-13(22-11)12-5-3-10(17(19)20)7-14(12)21-2/h3-8H,1-2H3,(H,16,18)/b15-8-. The monoisotopic (exact) mass is 303 g/mol. The van der Waals surface area contributed by atoms with Gasteiger partial charge in [0, 0.05) is 13.0 Å². The summed E-state index contributed by atoms with van der Waals surface area (Å²) in [6.45, 7) is 1.34. The highest BCUT2D eigenvalue weighted by molar-refractivity contribution is 5.80. The van der Waals surface area contributed by atoms with Gasteiger partial charge in [0.2, 0.25) is 5.91 Å². The fourth-order valence-corrected chi connectivity index (χ4v) is 1.75. The van der Waals surface area contributed by atoms with Crippen LogP contribution in [0, 0.1) is 10.1 Å². The Hall–Kier alpha value is -3.16. The fraction of sp³-hybridized carbons (Fsp3) is 0.143. The van der Waals surface area contributed by atoms with Gasteiger partial charge in [0.15, 0.2) is 0 Å². The largest absolute Gasteiger partial charge is 0.496 e. The number of benzene rings is 1. The molecule has 2 rings (SSSR count). The van der Waals surface area contributed by atoms with E-state index in [1.807, 2.05) is 0 Å². The van der Waals surface area contributed by atoms with Crippen LogP contribution in [0.25, 0.3) is 11.3 Å². The maximum Gasteiger partial charge on any atom is 0.273 e. The van der Waals surface area contributed by atoms with Crippen LogP contribution < -0.4 is 10.2 Å². The zero-order chi connectivity index (χ0) is 16.1. The first kappa shape index (κ1) is 15.2. The van der Waals surface area contributed by atoms with Gasteiger partial charge in [0.25, 0.3) is 5.69 Å². The lowest BCUT2D eigenvalue weighted by molar-refractivity contribution is -0.384. The lowest BCUT2D eigenvalue weighted by atomic mass is 10.1. The summed E-state index contributed by atoms with van der Waals surface area (Å²) in [4.78, 5) is 21.0. The zero-order valence-electron chi connectivity index (χ0n) is 11.9. The number of methoxy groups -OCH3 is 1. The Morgan fingerprint density at radius 3 is 2.82 bits per heavy atom. The van der Waals surface area contributed by atoms with Crippen LogP contribution in [0.15, 0.2) is 39.9 Å². The first-order chi connectivity index (χ1) is 10.5. The van der Waals surface area contributed by atoms with E-state index in [1.54, 1.807) is 18.2 Å². The van der Waals surface area contributed by atoms with Gasteiger partial charge in [-0.25, -0.2) is 5.43 Å². The van der Waals surface area contributed by atoms with Crippen LogP contribution in [0.5, 0.6) is 5.75 Å². The predicted molar refractivity (Wildman–Crippen MR) is 78.8 cm³/mol. The molecule has 8 heteroatoms. The molecular formula is C14H13N3O5. The Labute approximate surface area is 125 Å². The highest BCUT2D eigenvalue weighted by Crippen LogP contribution is 2.33. The molecule has 0 spiro atoms. The number of hydrogen-bond donors (Lipinski definition) is 1. The molecule has 114 valence electrons. The van der Waals surface area contributed by atoms with Gasteiger partial charge in [-0.1, -0.05) is 0 Å². The second-order valence-electron chi connectivity index (χ2n) is 4.27. The molecule has 0 atom stereocenters. The molecule has 1 heterocycles. The summed E-state index contributed by atoms with van der Waals surface area (Å²) in [7, 11) is 1.42. The maximum atomic E-state index is 10.8. The van der Waals surface area contributed by atoms with Crippen LogP contribution in [-0.4, -0.2) is 24.2 Å². The minimum atomic E-state index is -0.500. The van der Waals surface area contributed by atoms with Crippen molar-refractivity contribution in [1.29, 1.82) is 0 Å². The molecule has 1 N–H and O–H groups in total. The highest BCUT2D eigenvalue weighted by atomic mass is 16.6. The molecule has 0 bridgehead atoms. The van der Waals surface area contributed by atoms with Gasteiger partial charge >= 0.3 is 0 Å². The minimum Gasteiger partial charge on any atom is -0.496 e. The SMILES string of the molecule is COc1cc([N+](=O)[O-])ccc1-c1ccc(/C=N\NC(C)=O)o1. The lowest BCUT2D eigenvalue weighted by Crippen LogP contribution is -2.12. The number of hydrogen-bond acceptors (Lipinski definition) is 6. The number of nitrogens with zero attached hydrogens (tertiary/aromatic N) is 2. The quantitative estimate of drug-likeness (QED) is 0.518. The predicted octanol–water partition coefficient (Wildman–Crippen LogP) is 2.33. The van der Waals surface area contributed by atoms with E-state index in [9.17, 15) is 14.9 Å². The molecule has 22 heavy (non-hydrogen) atoms. The second-order valence-corrected chi connectivity index (χ2v) is 4.27. The molecule has 0 aliphatic heterocycles. The van der Waals surface area contributed by atoms with Crippen molar-refractivity contribution >= 4 is 17.8 Å². The van der Waals surface area contributed by atoms with E-state index in [2.05, 4.69) is 10.5 Å². The number of amides is 1. The van der Waals surface area contributed by atoms with E-state index in [0.29, 0.717) is 22.8 Å². The number of non-ortho nitro benzene ring substituents is 1. The molecule has 1 aromatic heterocycles. The summed E-state index contributed by atoms with van der Waals surface area (Å²) < 4.78 is 10.7. The molecule has 0 saturated carbocycles. The summed E-state index contributed by atoms with van der Waals surface area (Å²) in [6.07, 6.45) is 1.35. The van der Waals surface area contributed by atoms with Gasteiger partial charge < -0.3 is 9.15 Å². The number of rotatable bonds is 5. The van der Waals surface area contributed by atoms with Crippen molar-refractivity contribution in [1.82, 2.24) is 5.43 Å². The number of carbonyl (C=O) groups is 1. The third-order valence-electron chi connectivity index (χ3n) is 2.70. The first-order valence-electron chi connectivity index (χ1n) is 6.23. The van der Waals surface area contributed by atoms with Crippen molar-refractivity contribution in [2.45, 2.75) is 6.92 Å². The van der Waals surface area contributed by atoms with E-state index >= 15 is 0 Å². The van der Waals surface area contributed by atoms with Gasteiger partial charge in [-0.05, 0) is 18.2 Å². The Morgan fingerprint density at radius 1 is 1.41 bits per heavy atom. The third-order valence-corrected chi connectivity index (χ3v) is 2.70. The third kappa shape index (κ3) is 3.48. The Kier molecular flexibility index (Phi) is 4.52. The molecule has 0 aliphatic carbocycles. The molecule has 0 aliphatic rings. The molecule has 1 aromatic carbocycles. The topological polar surface area (TPSA) is 107 Å². The van der Waals surface area contributed by atoms with Crippen LogP contribution >= 0.6 is 0 Å². The summed E-state index contributed by atoms with van der Waals surface area (Å²) in [5.74, 6) is 0.925. The highest BCUT2D eigenvalue weighted by Gasteiger charge is 2.15. The second kappa shape index (κ2) is 6.53. The summed E-state index contributed by atoms with van der Waals surface area (Å²) in [5.41, 5.74) is 2.76. The molecule has 8 nitrogen and oxygen atoms in total. The number of ether oxygens (including phenoxy) is 1. The van der Waals surface area contributed by atoms with Crippen molar-refractivity contribution in [2.75, 3.05) is 7.11 Å². The van der Waals surface area contributed by atoms with Crippen molar-refractivity contribution in [3.63, 3.8) is 0 Å². The van der Waals surface area contributed by atoms with Crippen molar-refractivity contribution in [3.8, 4) is 17.1 Å². The summed E-state index contributed by atoms with van der Waals surface area (Å²) in [5, 5.41) is 14.5. The van der Waals surface area contributed by atoms with Gasteiger partial charge in [0.1, 0.15) is 17.3 Å². The Morgan fingerprint density at radius 2 is 2.18 bits per heavy atom. The number of nitrogens with one attached hydrogen (secondary N) is 1. The van der Waals surface area contributed by atoms with E-state index in [1.165, 1.54) is 32.4 Å². The maximum absolute atomic E-state index is 10.8. The molecule has 2 aromatic rings.